The third-order valence-corrected chi connectivity index (χ3v) is 3.52. The van der Waals surface area contributed by atoms with Gasteiger partial charge in [0.05, 0.1) is 19.6 Å². The molecule has 1 saturated carbocycles. The summed E-state index contributed by atoms with van der Waals surface area (Å²) in [5, 5.41) is 0. The van der Waals surface area contributed by atoms with Gasteiger partial charge in [0, 0.05) is 6.04 Å². The highest BCUT2D eigenvalue weighted by molar-refractivity contribution is 5.72. The van der Waals surface area contributed by atoms with E-state index in [0.717, 1.165) is 37.0 Å². The fourth-order valence-electron chi connectivity index (χ4n) is 2.32. The maximum absolute atomic E-state index is 11.1. The number of hydrogen-bond donors (Lipinski definition) is 1. The van der Waals surface area contributed by atoms with Gasteiger partial charge in [-0.25, -0.2) is 0 Å². The van der Waals surface area contributed by atoms with E-state index < -0.39 is 0 Å². The van der Waals surface area contributed by atoms with Crippen molar-refractivity contribution >= 4 is 5.97 Å². The van der Waals surface area contributed by atoms with Crippen molar-refractivity contribution in [2.45, 2.75) is 44.2 Å². The maximum Gasteiger partial charge on any atom is 0.309 e. The average molecular weight is 263 g/mol. The molecule has 2 rings (SSSR count). The predicted octanol–water partition coefficient (Wildman–Crippen LogP) is 2.05. The maximum atomic E-state index is 11.1. The van der Waals surface area contributed by atoms with Crippen LogP contribution in [0.3, 0.4) is 0 Å². The molecule has 4 heteroatoms. The largest absolute Gasteiger partial charge is 0.490 e. The number of hydrogen-bond acceptors (Lipinski definition) is 4. The first-order chi connectivity index (χ1) is 9.17. The van der Waals surface area contributed by atoms with E-state index in [1.807, 2.05) is 24.3 Å². The quantitative estimate of drug-likeness (QED) is 0.845. The molecule has 0 aliphatic heterocycles. The molecule has 1 aliphatic carbocycles. The van der Waals surface area contributed by atoms with E-state index in [4.69, 9.17) is 10.5 Å². The van der Waals surface area contributed by atoms with E-state index in [0.29, 0.717) is 12.5 Å². The Morgan fingerprint density at radius 2 is 1.84 bits per heavy atom. The molecule has 0 saturated heterocycles. The molecular formula is C15H21NO3. The molecule has 1 fully saturated rings. The first kappa shape index (κ1) is 13.9. The van der Waals surface area contributed by atoms with Crippen molar-refractivity contribution < 1.29 is 14.3 Å². The van der Waals surface area contributed by atoms with Crippen molar-refractivity contribution in [2.75, 3.05) is 7.11 Å². The minimum Gasteiger partial charge on any atom is -0.490 e. The topological polar surface area (TPSA) is 61.5 Å². The Kier molecular flexibility index (Phi) is 4.80. The van der Waals surface area contributed by atoms with Gasteiger partial charge in [-0.05, 0) is 43.4 Å². The Hall–Kier alpha value is -1.55. The van der Waals surface area contributed by atoms with Crippen LogP contribution in [0, 0.1) is 0 Å². The van der Waals surface area contributed by atoms with Crippen LogP contribution >= 0.6 is 0 Å². The summed E-state index contributed by atoms with van der Waals surface area (Å²) in [5.41, 5.74) is 6.81. The minimum atomic E-state index is -0.227. The van der Waals surface area contributed by atoms with Crippen LogP contribution in [0.25, 0.3) is 0 Å². The van der Waals surface area contributed by atoms with E-state index in [1.54, 1.807) is 0 Å². The number of methoxy groups -OCH3 is 1. The fraction of sp³-hybridized carbons (Fsp3) is 0.533. The van der Waals surface area contributed by atoms with Gasteiger partial charge in [0.25, 0.3) is 0 Å². The standard InChI is InChI=1S/C15H21NO3/c1-18-15(17)10-11-2-6-13(7-3-11)19-14-8-4-12(16)5-9-14/h2-3,6-7,12,14H,4-5,8-10,16H2,1H3. The summed E-state index contributed by atoms with van der Waals surface area (Å²) in [5.74, 6) is 0.629. The Morgan fingerprint density at radius 3 is 2.42 bits per heavy atom. The zero-order chi connectivity index (χ0) is 13.7. The van der Waals surface area contributed by atoms with Gasteiger partial charge in [0.2, 0.25) is 0 Å². The number of nitrogens with two attached hydrogens (primary N) is 1. The van der Waals surface area contributed by atoms with Crippen LogP contribution in [0.4, 0.5) is 0 Å². The summed E-state index contributed by atoms with van der Waals surface area (Å²) in [7, 11) is 1.40. The second-order valence-electron chi connectivity index (χ2n) is 5.05. The second-order valence-corrected chi connectivity index (χ2v) is 5.05. The van der Waals surface area contributed by atoms with Crippen LogP contribution in [0.5, 0.6) is 5.75 Å². The van der Waals surface area contributed by atoms with Gasteiger partial charge in [-0.15, -0.1) is 0 Å². The molecule has 0 bridgehead atoms. The third-order valence-electron chi connectivity index (χ3n) is 3.52. The monoisotopic (exact) mass is 263 g/mol. The summed E-state index contributed by atoms with van der Waals surface area (Å²) in [6.45, 7) is 0. The smallest absolute Gasteiger partial charge is 0.309 e. The Labute approximate surface area is 113 Å². The van der Waals surface area contributed by atoms with Gasteiger partial charge in [-0.2, -0.15) is 0 Å². The first-order valence-electron chi connectivity index (χ1n) is 6.75. The normalized spacial score (nSPS) is 22.8. The molecule has 0 unspecified atom stereocenters. The van der Waals surface area contributed by atoms with Crippen LogP contribution in [-0.4, -0.2) is 25.2 Å². The molecular weight excluding hydrogens is 242 g/mol. The highest BCUT2D eigenvalue weighted by Crippen LogP contribution is 2.23. The third kappa shape index (κ3) is 4.24. The first-order valence-corrected chi connectivity index (χ1v) is 6.75. The molecule has 0 radical (unpaired) electrons. The average Bonchev–Trinajstić information content (AvgIpc) is 2.43. The summed E-state index contributed by atoms with van der Waals surface area (Å²) in [6, 6.07) is 7.96. The van der Waals surface area contributed by atoms with Crippen molar-refractivity contribution in [1.82, 2.24) is 0 Å². The van der Waals surface area contributed by atoms with Gasteiger partial charge in [0.15, 0.2) is 0 Å². The van der Waals surface area contributed by atoms with Crippen LogP contribution in [0.1, 0.15) is 31.2 Å². The molecule has 1 aliphatic rings. The van der Waals surface area contributed by atoms with E-state index in [2.05, 4.69) is 4.74 Å². The van der Waals surface area contributed by atoms with Crippen molar-refractivity contribution in [1.29, 1.82) is 0 Å². The lowest BCUT2D eigenvalue weighted by atomic mass is 9.94. The lowest BCUT2D eigenvalue weighted by Gasteiger charge is -2.26. The van der Waals surface area contributed by atoms with Crippen molar-refractivity contribution in [3.63, 3.8) is 0 Å². The van der Waals surface area contributed by atoms with Crippen molar-refractivity contribution in [2.24, 2.45) is 5.73 Å². The summed E-state index contributed by atoms with van der Waals surface area (Å²) in [4.78, 5) is 11.1. The molecule has 0 aromatic heterocycles. The van der Waals surface area contributed by atoms with E-state index in [9.17, 15) is 4.79 Å². The molecule has 0 heterocycles. The van der Waals surface area contributed by atoms with E-state index in [1.165, 1.54) is 7.11 Å². The van der Waals surface area contributed by atoms with Gasteiger partial charge in [0.1, 0.15) is 5.75 Å². The van der Waals surface area contributed by atoms with Crippen LogP contribution in [0.15, 0.2) is 24.3 Å². The zero-order valence-electron chi connectivity index (χ0n) is 11.3. The highest BCUT2D eigenvalue weighted by atomic mass is 16.5. The lowest BCUT2D eigenvalue weighted by Crippen LogP contribution is -2.31. The summed E-state index contributed by atoms with van der Waals surface area (Å²) in [6.07, 6.45) is 4.67. The van der Waals surface area contributed by atoms with Crippen LogP contribution < -0.4 is 10.5 Å². The molecule has 1 aromatic carbocycles. The fourth-order valence-corrected chi connectivity index (χ4v) is 2.32. The molecule has 19 heavy (non-hydrogen) atoms. The number of rotatable bonds is 4. The molecule has 0 spiro atoms. The Morgan fingerprint density at radius 1 is 1.21 bits per heavy atom. The predicted molar refractivity (Wildman–Crippen MR) is 73.0 cm³/mol. The Balaban J connectivity index is 1.86. The molecule has 2 N–H and O–H groups in total. The number of carbonyl (C=O) groups is 1. The molecule has 0 amide bonds. The number of ether oxygens (including phenoxy) is 2. The van der Waals surface area contributed by atoms with Gasteiger partial charge >= 0.3 is 5.97 Å². The lowest BCUT2D eigenvalue weighted by molar-refractivity contribution is -0.139. The molecule has 1 aromatic rings. The van der Waals surface area contributed by atoms with Gasteiger partial charge in [-0.1, -0.05) is 12.1 Å². The van der Waals surface area contributed by atoms with Crippen molar-refractivity contribution in [3.05, 3.63) is 29.8 Å². The zero-order valence-corrected chi connectivity index (χ0v) is 11.3. The van der Waals surface area contributed by atoms with E-state index in [-0.39, 0.29) is 12.1 Å². The Bertz CT molecular complexity index is 408. The van der Waals surface area contributed by atoms with E-state index >= 15 is 0 Å². The van der Waals surface area contributed by atoms with Crippen molar-refractivity contribution in [3.8, 4) is 5.75 Å². The summed E-state index contributed by atoms with van der Waals surface area (Å²) < 4.78 is 10.6. The number of esters is 1. The molecule has 104 valence electrons. The highest BCUT2D eigenvalue weighted by Gasteiger charge is 2.19. The molecule has 4 nitrogen and oxygen atoms in total. The number of benzene rings is 1. The van der Waals surface area contributed by atoms with Gasteiger partial charge in [-0.3, -0.25) is 4.79 Å². The second kappa shape index (κ2) is 6.57. The summed E-state index contributed by atoms with van der Waals surface area (Å²) >= 11 is 0. The van der Waals surface area contributed by atoms with Crippen LogP contribution in [-0.2, 0) is 16.0 Å². The molecule has 0 atom stereocenters. The van der Waals surface area contributed by atoms with Crippen LogP contribution in [0.2, 0.25) is 0 Å². The number of carbonyl (C=O) groups excluding carboxylic acids is 1. The SMILES string of the molecule is COC(=O)Cc1ccc(OC2CCC(N)CC2)cc1. The minimum absolute atomic E-state index is 0.227. The van der Waals surface area contributed by atoms with Gasteiger partial charge < -0.3 is 15.2 Å².